The Labute approximate surface area is 190 Å². The van der Waals surface area contributed by atoms with Crippen LogP contribution in [-0.4, -0.2) is 33.9 Å². The number of halogens is 2. The van der Waals surface area contributed by atoms with Crippen molar-refractivity contribution in [2.24, 2.45) is 0 Å². The number of hydrogen-bond acceptors (Lipinski definition) is 3. The molecule has 0 spiro atoms. The molecule has 2 fully saturated rings. The third-order valence-corrected chi connectivity index (χ3v) is 6.53. The molecule has 156 valence electrons. The first-order chi connectivity index (χ1) is 14.5. The quantitative estimate of drug-likeness (QED) is 0.616. The molecule has 1 atom stereocenters. The molecule has 4 rings (SSSR count). The van der Waals surface area contributed by atoms with E-state index >= 15 is 0 Å². The largest absolute Gasteiger partial charge is 0.333 e. The fourth-order valence-corrected chi connectivity index (χ4v) is 4.98. The van der Waals surface area contributed by atoms with Crippen molar-refractivity contribution in [3.63, 3.8) is 0 Å². The second kappa shape index (κ2) is 8.92. The Morgan fingerprint density at radius 2 is 1.80 bits per heavy atom. The maximum atomic E-state index is 13.4. The number of benzene rings is 2. The highest BCUT2D eigenvalue weighted by molar-refractivity contribution is 7.80. The molecule has 1 aliphatic heterocycles. The molecule has 8 heteroatoms. The van der Waals surface area contributed by atoms with Crippen LogP contribution < -0.4 is 10.2 Å². The van der Waals surface area contributed by atoms with Crippen LogP contribution in [0.15, 0.2) is 48.5 Å². The van der Waals surface area contributed by atoms with Crippen LogP contribution in [0.4, 0.5) is 11.4 Å². The summed E-state index contributed by atoms with van der Waals surface area (Å²) in [4.78, 5) is 29.7. The minimum atomic E-state index is -0.640. The van der Waals surface area contributed by atoms with Crippen molar-refractivity contribution in [1.29, 1.82) is 0 Å². The molecule has 1 N–H and O–H groups in total. The molecule has 1 saturated heterocycles. The van der Waals surface area contributed by atoms with Crippen LogP contribution in [0, 0.1) is 0 Å². The van der Waals surface area contributed by atoms with Crippen molar-refractivity contribution in [2.45, 2.75) is 44.2 Å². The Kier molecular flexibility index (Phi) is 6.27. The number of thiocarbonyl (C=S) groups is 1. The molecule has 0 radical (unpaired) electrons. The summed E-state index contributed by atoms with van der Waals surface area (Å²) in [6, 6.07) is 13.7. The van der Waals surface area contributed by atoms with Gasteiger partial charge in [-0.2, -0.15) is 0 Å². The third-order valence-electron chi connectivity index (χ3n) is 5.57. The average molecular weight is 462 g/mol. The molecule has 0 bridgehead atoms. The van der Waals surface area contributed by atoms with Crippen molar-refractivity contribution in [3.8, 4) is 0 Å². The van der Waals surface area contributed by atoms with Gasteiger partial charge in [0.05, 0.1) is 22.8 Å². The van der Waals surface area contributed by atoms with Gasteiger partial charge in [0, 0.05) is 11.1 Å². The maximum Gasteiger partial charge on any atom is 0.256 e. The lowest BCUT2D eigenvalue weighted by molar-refractivity contribution is -0.124. The van der Waals surface area contributed by atoms with E-state index in [1.807, 2.05) is 35.2 Å². The van der Waals surface area contributed by atoms with Crippen molar-refractivity contribution >= 4 is 63.7 Å². The maximum absolute atomic E-state index is 13.4. The first-order valence-corrected chi connectivity index (χ1v) is 11.1. The summed E-state index contributed by atoms with van der Waals surface area (Å²) in [5.74, 6) is -0.483. The molecule has 0 aromatic heterocycles. The summed E-state index contributed by atoms with van der Waals surface area (Å²) in [6.07, 6.45) is 4.12. The van der Waals surface area contributed by atoms with Crippen LogP contribution >= 0.6 is 35.4 Å². The molecule has 2 amide bonds. The van der Waals surface area contributed by atoms with Crippen LogP contribution in [-0.2, 0) is 9.59 Å². The summed E-state index contributed by atoms with van der Waals surface area (Å²) in [6.45, 7) is 0. The molecule has 2 aromatic rings. The smallest absolute Gasteiger partial charge is 0.256 e. The zero-order valence-electron chi connectivity index (χ0n) is 16.2. The van der Waals surface area contributed by atoms with E-state index in [1.165, 1.54) is 0 Å². The fourth-order valence-electron chi connectivity index (χ4n) is 4.17. The minimum Gasteiger partial charge on any atom is -0.333 e. The summed E-state index contributed by atoms with van der Waals surface area (Å²) in [5, 5.41) is 4.11. The summed E-state index contributed by atoms with van der Waals surface area (Å²) in [5.41, 5.74) is 1.14. The van der Waals surface area contributed by atoms with Gasteiger partial charge in [0.15, 0.2) is 5.11 Å². The fraction of sp³-hybridized carbons (Fsp3) is 0.318. The standard InChI is InChI=1S/C22H21Cl2N3O2S/c23-14-10-11-17(24)18(12-14)25-20(28)13-19-21(29)27(16-6-2-1-3-7-16)22(30)26(19)15-8-4-5-9-15/h1-3,6-7,10-12,15,19H,4-5,8-9,13H2,(H,25,28). The molecule has 2 aromatic carbocycles. The summed E-state index contributed by atoms with van der Waals surface area (Å²) < 4.78 is 0. The summed E-state index contributed by atoms with van der Waals surface area (Å²) in [7, 11) is 0. The van der Waals surface area contributed by atoms with Gasteiger partial charge < -0.3 is 10.2 Å². The van der Waals surface area contributed by atoms with Gasteiger partial charge >= 0.3 is 0 Å². The second-order valence-corrected chi connectivity index (χ2v) is 8.74. The first-order valence-electron chi connectivity index (χ1n) is 9.92. The normalized spacial score (nSPS) is 19.6. The number of nitrogens with zero attached hydrogens (tertiary/aromatic N) is 2. The molecular weight excluding hydrogens is 441 g/mol. The zero-order valence-corrected chi connectivity index (χ0v) is 18.5. The van der Waals surface area contributed by atoms with E-state index in [0.29, 0.717) is 20.8 Å². The Balaban J connectivity index is 1.58. The Morgan fingerprint density at radius 3 is 2.50 bits per heavy atom. The van der Waals surface area contributed by atoms with E-state index < -0.39 is 6.04 Å². The number of rotatable bonds is 5. The van der Waals surface area contributed by atoms with Crippen molar-refractivity contribution in [2.75, 3.05) is 10.2 Å². The number of hydrogen-bond donors (Lipinski definition) is 1. The van der Waals surface area contributed by atoms with Gasteiger partial charge in [-0.3, -0.25) is 14.5 Å². The predicted molar refractivity (Wildman–Crippen MR) is 124 cm³/mol. The molecule has 1 saturated carbocycles. The molecule has 5 nitrogen and oxygen atoms in total. The number of carbonyl (C=O) groups is 2. The van der Waals surface area contributed by atoms with Crippen LogP contribution in [0.25, 0.3) is 0 Å². The average Bonchev–Trinajstić information content (AvgIpc) is 3.32. The van der Waals surface area contributed by atoms with Gasteiger partial charge in [0.25, 0.3) is 5.91 Å². The van der Waals surface area contributed by atoms with Crippen molar-refractivity contribution < 1.29 is 9.59 Å². The topological polar surface area (TPSA) is 52.7 Å². The highest BCUT2D eigenvalue weighted by Gasteiger charge is 2.47. The van der Waals surface area contributed by atoms with E-state index in [1.54, 1.807) is 23.1 Å². The van der Waals surface area contributed by atoms with Crippen LogP contribution in [0.3, 0.4) is 0 Å². The molecule has 1 unspecified atom stereocenters. The van der Waals surface area contributed by atoms with E-state index in [4.69, 9.17) is 35.4 Å². The number of anilines is 2. The Hall–Kier alpha value is -2.15. The van der Waals surface area contributed by atoms with Gasteiger partial charge in [-0.1, -0.05) is 54.2 Å². The first kappa shape index (κ1) is 21.1. The lowest BCUT2D eigenvalue weighted by Crippen LogP contribution is -2.43. The predicted octanol–water partition coefficient (Wildman–Crippen LogP) is 5.27. The second-order valence-electron chi connectivity index (χ2n) is 7.53. The van der Waals surface area contributed by atoms with Crippen LogP contribution in [0.5, 0.6) is 0 Å². The van der Waals surface area contributed by atoms with Gasteiger partial charge in [-0.05, 0) is 55.4 Å². The van der Waals surface area contributed by atoms with Gasteiger partial charge in [0.2, 0.25) is 5.91 Å². The van der Waals surface area contributed by atoms with E-state index in [2.05, 4.69) is 5.32 Å². The zero-order chi connectivity index (χ0) is 21.3. The van der Waals surface area contributed by atoms with E-state index in [9.17, 15) is 9.59 Å². The monoisotopic (exact) mass is 461 g/mol. The molecule has 1 heterocycles. The van der Waals surface area contributed by atoms with Crippen LogP contribution in [0.2, 0.25) is 10.0 Å². The lowest BCUT2D eigenvalue weighted by atomic mass is 10.1. The highest BCUT2D eigenvalue weighted by Crippen LogP contribution is 2.34. The number of para-hydroxylation sites is 1. The SMILES string of the molecule is O=C(CC1C(=O)N(c2ccccc2)C(=S)N1C1CCCC1)Nc1cc(Cl)ccc1Cl. The Morgan fingerprint density at radius 1 is 1.10 bits per heavy atom. The molecular formula is C22H21Cl2N3O2S. The highest BCUT2D eigenvalue weighted by atomic mass is 35.5. The minimum absolute atomic E-state index is 0.0123. The lowest BCUT2D eigenvalue weighted by Gasteiger charge is -2.30. The Bertz CT molecular complexity index is 980. The number of amides is 2. The van der Waals surface area contributed by atoms with Gasteiger partial charge in [-0.25, -0.2) is 0 Å². The molecule has 1 aliphatic carbocycles. The molecule has 30 heavy (non-hydrogen) atoms. The van der Waals surface area contributed by atoms with E-state index in [-0.39, 0.29) is 24.3 Å². The van der Waals surface area contributed by atoms with Gasteiger partial charge in [0.1, 0.15) is 6.04 Å². The summed E-state index contributed by atoms with van der Waals surface area (Å²) >= 11 is 17.9. The molecule has 2 aliphatic rings. The number of carbonyl (C=O) groups excluding carboxylic acids is 2. The van der Waals surface area contributed by atoms with Gasteiger partial charge in [-0.15, -0.1) is 0 Å². The van der Waals surface area contributed by atoms with E-state index in [0.717, 1.165) is 31.4 Å². The van der Waals surface area contributed by atoms with Crippen molar-refractivity contribution in [1.82, 2.24) is 4.90 Å². The van der Waals surface area contributed by atoms with Crippen LogP contribution in [0.1, 0.15) is 32.1 Å². The third kappa shape index (κ3) is 4.17. The number of nitrogens with one attached hydrogen (secondary N) is 1. The van der Waals surface area contributed by atoms with Crippen molar-refractivity contribution in [3.05, 3.63) is 58.6 Å².